The van der Waals surface area contributed by atoms with Gasteiger partial charge in [0, 0.05) is 17.5 Å². The molecular formula is C22H23N3O. The molecule has 0 fully saturated rings. The molecule has 0 amide bonds. The van der Waals surface area contributed by atoms with Crippen LogP contribution in [0.4, 0.5) is 0 Å². The molecule has 1 aromatic heterocycles. The predicted octanol–water partition coefficient (Wildman–Crippen LogP) is 3.88. The van der Waals surface area contributed by atoms with Gasteiger partial charge >= 0.3 is 0 Å². The molecule has 0 saturated carbocycles. The summed E-state index contributed by atoms with van der Waals surface area (Å²) in [7, 11) is 2.07. The van der Waals surface area contributed by atoms with Gasteiger partial charge in [0.1, 0.15) is 11.6 Å². The minimum absolute atomic E-state index is 0.204. The molecule has 0 radical (unpaired) electrons. The van der Waals surface area contributed by atoms with Gasteiger partial charge in [-0.15, -0.1) is 0 Å². The fourth-order valence-electron chi connectivity index (χ4n) is 3.29. The molecule has 0 unspecified atom stereocenters. The van der Waals surface area contributed by atoms with Crippen molar-refractivity contribution >= 4 is 10.9 Å². The lowest BCUT2D eigenvalue weighted by Gasteiger charge is -2.17. The topological polar surface area (TPSA) is 49.0 Å². The first-order valence-corrected chi connectivity index (χ1v) is 8.97. The van der Waals surface area contributed by atoms with E-state index in [9.17, 15) is 10.1 Å². The summed E-state index contributed by atoms with van der Waals surface area (Å²) in [5.41, 5.74) is 2.53. The second kappa shape index (κ2) is 7.99. The molecule has 2 aromatic carbocycles. The largest absolute Gasteiger partial charge is 0.307 e. The summed E-state index contributed by atoms with van der Waals surface area (Å²) in [6.45, 7) is 4.61. The van der Waals surface area contributed by atoms with Crippen molar-refractivity contribution in [2.24, 2.45) is 0 Å². The molecule has 0 atom stereocenters. The SMILES string of the molecule is CCN(C)CCCn1c(=O)c(C#N)c(-c2ccccc2)c2ccccc21. The lowest BCUT2D eigenvalue weighted by Crippen LogP contribution is -2.27. The maximum Gasteiger partial charge on any atom is 0.269 e. The van der Waals surface area contributed by atoms with E-state index in [1.54, 1.807) is 4.57 Å². The van der Waals surface area contributed by atoms with Crippen molar-refractivity contribution in [3.8, 4) is 17.2 Å². The van der Waals surface area contributed by atoms with Crippen molar-refractivity contribution in [2.45, 2.75) is 19.9 Å². The number of hydrogen-bond acceptors (Lipinski definition) is 3. The zero-order valence-electron chi connectivity index (χ0n) is 15.3. The molecule has 1 heterocycles. The van der Waals surface area contributed by atoms with E-state index in [0.29, 0.717) is 6.54 Å². The number of pyridine rings is 1. The third kappa shape index (κ3) is 3.40. The summed E-state index contributed by atoms with van der Waals surface area (Å²) in [5, 5.41) is 10.7. The highest BCUT2D eigenvalue weighted by molar-refractivity contribution is 5.97. The monoisotopic (exact) mass is 345 g/mol. The Morgan fingerprint density at radius 1 is 1.08 bits per heavy atom. The van der Waals surface area contributed by atoms with Crippen LogP contribution in [0.3, 0.4) is 0 Å². The number of para-hydroxylation sites is 1. The smallest absolute Gasteiger partial charge is 0.269 e. The molecule has 0 N–H and O–H groups in total. The van der Waals surface area contributed by atoms with Crippen LogP contribution in [-0.2, 0) is 6.54 Å². The molecular weight excluding hydrogens is 322 g/mol. The maximum atomic E-state index is 13.1. The fraction of sp³-hybridized carbons (Fsp3) is 0.273. The summed E-state index contributed by atoms with van der Waals surface area (Å²) < 4.78 is 1.75. The van der Waals surface area contributed by atoms with E-state index in [2.05, 4.69) is 24.9 Å². The van der Waals surface area contributed by atoms with E-state index in [1.165, 1.54) is 0 Å². The summed E-state index contributed by atoms with van der Waals surface area (Å²) in [6.07, 6.45) is 0.865. The number of rotatable bonds is 6. The zero-order valence-corrected chi connectivity index (χ0v) is 15.3. The van der Waals surface area contributed by atoms with Gasteiger partial charge in [0.15, 0.2) is 0 Å². The Bertz CT molecular complexity index is 1000. The van der Waals surface area contributed by atoms with Gasteiger partial charge in [-0.05, 0) is 38.2 Å². The normalized spacial score (nSPS) is 11.0. The number of nitriles is 1. The van der Waals surface area contributed by atoms with Crippen molar-refractivity contribution in [1.29, 1.82) is 5.26 Å². The Kier molecular flexibility index (Phi) is 5.50. The fourth-order valence-corrected chi connectivity index (χ4v) is 3.29. The summed E-state index contributed by atoms with van der Waals surface area (Å²) >= 11 is 0. The lowest BCUT2D eigenvalue weighted by atomic mass is 9.96. The molecule has 132 valence electrons. The molecule has 4 nitrogen and oxygen atoms in total. The van der Waals surface area contributed by atoms with Crippen LogP contribution in [0.2, 0.25) is 0 Å². The molecule has 0 spiro atoms. The van der Waals surface area contributed by atoms with Crippen molar-refractivity contribution in [3.63, 3.8) is 0 Å². The number of aromatic nitrogens is 1. The molecule has 0 aliphatic carbocycles. The molecule has 4 heteroatoms. The van der Waals surface area contributed by atoms with Crippen LogP contribution in [0.1, 0.15) is 18.9 Å². The summed E-state index contributed by atoms with van der Waals surface area (Å²) in [4.78, 5) is 15.3. The van der Waals surface area contributed by atoms with Gasteiger partial charge < -0.3 is 9.47 Å². The Morgan fingerprint density at radius 2 is 1.77 bits per heavy atom. The molecule has 26 heavy (non-hydrogen) atoms. The molecule has 0 saturated heterocycles. The van der Waals surface area contributed by atoms with Crippen molar-refractivity contribution in [3.05, 3.63) is 70.5 Å². The van der Waals surface area contributed by atoms with Gasteiger partial charge in [0.2, 0.25) is 0 Å². The number of hydrogen-bond donors (Lipinski definition) is 0. The Balaban J connectivity index is 2.18. The Hall–Kier alpha value is -2.90. The highest BCUT2D eigenvalue weighted by Crippen LogP contribution is 2.30. The van der Waals surface area contributed by atoms with Crippen molar-refractivity contribution in [2.75, 3.05) is 20.1 Å². The van der Waals surface area contributed by atoms with E-state index in [4.69, 9.17) is 0 Å². The van der Waals surface area contributed by atoms with Crippen molar-refractivity contribution in [1.82, 2.24) is 9.47 Å². The number of benzene rings is 2. The minimum Gasteiger partial charge on any atom is -0.307 e. The molecule has 3 aromatic rings. The van der Waals surface area contributed by atoms with Gasteiger partial charge in [-0.3, -0.25) is 4.79 Å². The zero-order chi connectivity index (χ0) is 18.5. The first kappa shape index (κ1) is 17.9. The number of aryl methyl sites for hydroxylation is 1. The van der Waals surface area contributed by atoms with Crippen LogP contribution in [0.15, 0.2) is 59.4 Å². The molecule has 3 rings (SSSR count). The van der Waals surface area contributed by atoms with Gasteiger partial charge in [-0.2, -0.15) is 5.26 Å². The Labute approximate surface area is 153 Å². The van der Waals surface area contributed by atoms with Crippen LogP contribution >= 0.6 is 0 Å². The maximum absolute atomic E-state index is 13.1. The first-order valence-electron chi connectivity index (χ1n) is 8.97. The van der Waals surface area contributed by atoms with E-state index >= 15 is 0 Å². The second-order valence-corrected chi connectivity index (χ2v) is 6.45. The van der Waals surface area contributed by atoms with Crippen LogP contribution in [0.25, 0.3) is 22.0 Å². The average molecular weight is 345 g/mol. The van der Waals surface area contributed by atoms with Crippen LogP contribution in [-0.4, -0.2) is 29.6 Å². The quantitative estimate of drug-likeness (QED) is 0.681. The standard InChI is InChI=1S/C22H23N3O/c1-3-24(2)14-9-15-25-20-13-8-7-12-18(20)21(19(16-23)22(25)26)17-10-5-4-6-11-17/h4-8,10-13H,3,9,14-15H2,1-2H3. The van der Waals surface area contributed by atoms with Gasteiger partial charge in [0.05, 0.1) is 5.52 Å². The molecule has 0 aliphatic heterocycles. The summed E-state index contributed by atoms with van der Waals surface area (Å²) in [5.74, 6) is 0. The van der Waals surface area contributed by atoms with Gasteiger partial charge in [-0.1, -0.05) is 55.5 Å². The third-order valence-corrected chi connectivity index (χ3v) is 4.81. The van der Waals surface area contributed by atoms with Gasteiger partial charge in [0.25, 0.3) is 5.56 Å². The Morgan fingerprint density at radius 3 is 2.46 bits per heavy atom. The van der Waals surface area contributed by atoms with Gasteiger partial charge in [-0.25, -0.2) is 0 Å². The highest BCUT2D eigenvalue weighted by Gasteiger charge is 2.17. The molecule has 0 bridgehead atoms. The third-order valence-electron chi connectivity index (χ3n) is 4.81. The van der Waals surface area contributed by atoms with E-state index < -0.39 is 0 Å². The van der Waals surface area contributed by atoms with Crippen LogP contribution in [0, 0.1) is 11.3 Å². The average Bonchev–Trinajstić information content (AvgIpc) is 2.69. The summed E-state index contributed by atoms with van der Waals surface area (Å²) in [6, 6.07) is 19.7. The predicted molar refractivity (Wildman–Crippen MR) is 106 cm³/mol. The number of nitrogens with zero attached hydrogens (tertiary/aromatic N) is 3. The van der Waals surface area contributed by atoms with Crippen LogP contribution < -0.4 is 5.56 Å². The molecule has 0 aliphatic rings. The van der Waals surface area contributed by atoms with E-state index in [1.807, 2.05) is 54.6 Å². The van der Waals surface area contributed by atoms with Crippen LogP contribution in [0.5, 0.6) is 0 Å². The van der Waals surface area contributed by atoms with E-state index in [-0.39, 0.29) is 11.1 Å². The van der Waals surface area contributed by atoms with Crippen molar-refractivity contribution < 1.29 is 0 Å². The lowest BCUT2D eigenvalue weighted by molar-refractivity contribution is 0.338. The van der Waals surface area contributed by atoms with E-state index in [0.717, 1.165) is 41.5 Å². The first-order chi connectivity index (χ1) is 12.7. The highest BCUT2D eigenvalue weighted by atomic mass is 16.1. The number of fused-ring (bicyclic) bond motifs is 1. The minimum atomic E-state index is -0.204. The second-order valence-electron chi connectivity index (χ2n) is 6.45.